The van der Waals surface area contributed by atoms with E-state index in [9.17, 15) is 4.79 Å². The molecule has 16 heavy (non-hydrogen) atoms. The van der Waals surface area contributed by atoms with Gasteiger partial charge in [0.1, 0.15) is 11.7 Å². The maximum atomic E-state index is 10.4. The maximum Gasteiger partial charge on any atom is 0.404 e. The van der Waals surface area contributed by atoms with E-state index in [1.54, 1.807) is 21.6 Å². The van der Waals surface area contributed by atoms with E-state index in [1.807, 2.05) is 32.9 Å². The molecule has 0 bridgehead atoms. The summed E-state index contributed by atoms with van der Waals surface area (Å²) in [6.07, 6.45) is 3.18. The van der Waals surface area contributed by atoms with Crippen LogP contribution in [0, 0.1) is 0 Å². The van der Waals surface area contributed by atoms with Gasteiger partial charge in [0.2, 0.25) is 0 Å². The quantitative estimate of drug-likeness (QED) is 0.454. The van der Waals surface area contributed by atoms with E-state index in [0.717, 1.165) is 11.6 Å². The normalized spacial score (nSPS) is 14.1. The minimum Gasteiger partial charge on any atom is -0.449 e. The summed E-state index contributed by atoms with van der Waals surface area (Å²) in [7, 11) is 3.19. The number of primary amides is 1. The number of ether oxygens (including phenoxy) is 1. The molecular weight excluding hydrogens is 244 g/mol. The first-order valence-electron chi connectivity index (χ1n) is 5.02. The van der Waals surface area contributed by atoms with E-state index in [4.69, 9.17) is 10.5 Å². The van der Waals surface area contributed by atoms with Crippen LogP contribution < -0.4 is 5.73 Å². The Morgan fingerprint density at radius 3 is 2.81 bits per heavy atom. The molecule has 0 aliphatic carbocycles. The maximum absolute atomic E-state index is 10.4. The molecule has 0 aromatic heterocycles. The van der Waals surface area contributed by atoms with Gasteiger partial charge >= 0.3 is 6.09 Å². The number of rotatable bonds is 6. The first-order chi connectivity index (χ1) is 7.60. The fourth-order valence-electron chi connectivity index (χ4n) is 0.764. The third-order valence-corrected chi connectivity index (χ3v) is 4.16. The Morgan fingerprint density at radius 2 is 2.31 bits per heavy atom. The van der Waals surface area contributed by atoms with Crippen LogP contribution in [0.2, 0.25) is 0 Å². The second-order valence-electron chi connectivity index (χ2n) is 2.93. The van der Waals surface area contributed by atoms with Crippen LogP contribution >= 0.6 is 21.6 Å². The summed E-state index contributed by atoms with van der Waals surface area (Å²) >= 11 is 0. The van der Waals surface area contributed by atoms with Gasteiger partial charge in [-0.1, -0.05) is 16.9 Å². The highest BCUT2D eigenvalue weighted by Gasteiger charge is 2.07. The largest absolute Gasteiger partial charge is 0.449 e. The van der Waals surface area contributed by atoms with Crippen molar-refractivity contribution in [3.8, 4) is 0 Å². The average Bonchev–Trinajstić information content (AvgIpc) is 2.23. The molecule has 0 unspecified atom stereocenters. The Bertz CT molecular complexity index is 268. The van der Waals surface area contributed by atoms with Gasteiger partial charge in [0.15, 0.2) is 0 Å². The SMILES string of the molecule is C/C=C\C(=NCC)SS[C@H](C)COC(N)=O. The number of hydrogen-bond acceptors (Lipinski definition) is 5. The highest BCUT2D eigenvalue weighted by atomic mass is 33.1. The Balaban J connectivity index is 3.91. The van der Waals surface area contributed by atoms with Crippen molar-refractivity contribution in [1.82, 2.24) is 0 Å². The average molecular weight is 262 g/mol. The highest BCUT2D eigenvalue weighted by molar-refractivity contribution is 8.82. The van der Waals surface area contributed by atoms with Crippen molar-refractivity contribution in [2.45, 2.75) is 26.0 Å². The number of allylic oxidation sites excluding steroid dienone is 1. The summed E-state index contributed by atoms with van der Waals surface area (Å²) < 4.78 is 4.70. The zero-order chi connectivity index (χ0) is 12.4. The molecule has 0 aromatic carbocycles. The molecular formula is C10H18N2O2S2. The van der Waals surface area contributed by atoms with E-state index in [1.165, 1.54) is 0 Å². The van der Waals surface area contributed by atoms with Crippen molar-refractivity contribution in [2.24, 2.45) is 10.7 Å². The van der Waals surface area contributed by atoms with Gasteiger partial charge in [-0.15, -0.1) is 0 Å². The van der Waals surface area contributed by atoms with Crippen LogP contribution in [0.5, 0.6) is 0 Å². The lowest BCUT2D eigenvalue weighted by molar-refractivity contribution is 0.158. The van der Waals surface area contributed by atoms with Gasteiger partial charge in [-0.2, -0.15) is 0 Å². The summed E-state index contributed by atoms with van der Waals surface area (Å²) in [5, 5.41) is 1.16. The van der Waals surface area contributed by atoms with E-state index in [0.29, 0.717) is 6.61 Å². The van der Waals surface area contributed by atoms with Crippen LogP contribution in [0.1, 0.15) is 20.8 Å². The van der Waals surface area contributed by atoms with Crippen LogP contribution in [0.4, 0.5) is 4.79 Å². The van der Waals surface area contributed by atoms with E-state index in [-0.39, 0.29) is 5.25 Å². The fraction of sp³-hybridized carbons (Fsp3) is 0.600. The molecule has 0 aromatic rings. The van der Waals surface area contributed by atoms with Crippen LogP contribution in [-0.2, 0) is 4.74 Å². The smallest absolute Gasteiger partial charge is 0.404 e. The Labute approximate surface area is 104 Å². The van der Waals surface area contributed by atoms with Crippen molar-refractivity contribution < 1.29 is 9.53 Å². The van der Waals surface area contributed by atoms with Gasteiger partial charge in [0.05, 0.1) is 0 Å². The molecule has 0 aliphatic rings. The molecule has 0 saturated carbocycles. The van der Waals surface area contributed by atoms with Crippen molar-refractivity contribution in [2.75, 3.05) is 13.2 Å². The van der Waals surface area contributed by atoms with Crippen molar-refractivity contribution in [1.29, 1.82) is 0 Å². The second kappa shape index (κ2) is 9.59. The lowest BCUT2D eigenvalue weighted by atomic mass is 10.5. The first-order valence-corrected chi connectivity index (χ1v) is 7.24. The number of carbonyl (C=O) groups excluding carboxylic acids is 1. The topological polar surface area (TPSA) is 64.7 Å². The Morgan fingerprint density at radius 1 is 1.62 bits per heavy atom. The third-order valence-electron chi connectivity index (χ3n) is 1.38. The number of amides is 1. The van der Waals surface area contributed by atoms with E-state index >= 15 is 0 Å². The van der Waals surface area contributed by atoms with Crippen LogP contribution in [0.15, 0.2) is 17.1 Å². The molecule has 0 aliphatic heterocycles. The molecule has 0 heterocycles. The fourth-order valence-corrected chi connectivity index (χ4v) is 2.80. The zero-order valence-electron chi connectivity index (χ0n) is 9.80. The summed E-state index contributed by atoms with van der Waals surface area (Å²) in [5.41, 5.74) is 4.88. The molecule has 0 radical (unpaired) electrons. The molecule has 0 spiro atoms. The van der Waals surface area contributed by atoms with E-state index in [2.05, 4.69) is 4.99 Å². The molecule has 1 atom stereocenters. The molecule has 0 rings (SSSR count). The van der Waals surface area contributed by atoms with E-state index < -0.39 is 6.09 Å². The number of nitrogens with zero attached hydrogens (tertiary/aromatic N) is 1. The summed E-state index contributed by atoms with van der Waals surface area (Å²) in [6.45, 7) is 7.01. The Hall–Kier alpha value is -0.620. The number of aliphatic imine (C=N–C) groups is 1. The van der Waals surface area contributed by atoms with Crippen molar-refractivity contribution >= 4 is 32.7 Å². The summed E-state index contributed by atoms with van der Waals surface area (Å²) in [4.78, 5) is 14.7. The third kappa shape index (κ3) is 8.67. The minimum atomic E-state index is -0.728. The molecule has 92 valence electrons. The van der Waals surface area contributed by atoms with Gasteiger partial charge in [-0.3, -0.25) is 4.99 Å². The number of hydrogen-bond donors (Lipinski definition) is 1. The molecule has 1 amide bonds. The van der Waals surface area contributed by atoms with Crippen LogP contribution in [0.3, 0.4) is 0 Å². The first kappa shape index (κ1) is 15.4. The van der Waals surface area contributed by atoms with Gasteiger partial charge in [-0.05, 0) is 37.6 Å². The number of nitrogens with two attached hydrogens (primary N) is 1. The van der Waals surface area contributed by atoms with Crippen molar-refractivity contribution in [3.05, 3.63) is 12.2 Å². The monoisotopic (exact) mass is 262 g/mol. The number of carbonyl (C=O) groups is 1. The molecule has 4 nitrogen and oxygen atoms in total. The lowest BCUT2D eigenvalue weighted by Gasteiger charge is -2.09. The Kier molecular flexibility index (Phi) is 9.22. The zero-order valence-corrected chi connectivity index (χ0v) is 11.4. The van der Waals surface area contributed by atoms with Gasteiger partial charge in [-0.25, -0.2) is 4.79 Å². The highest BCUT2D eigenvalue weighted by Crippen LogP contribution is 2.28. The van der Waals surface area contributed by atoms with Crippen LogP contribution in [-0.4, -0.2) is 29.5 Å². The molecule has 6 heteroatoms. The molecule has 2 N–H and O–H groups in total. The van der Waals surface area contributed by atoms with Gasteiger partial charge < -0.3 is 10.5 Å². The molecule has 0 saturated heterocycles. The minimum absolute atomic E-state index is 0.185. The summed E-state index contributed by atoms with van der Waals surface area (Å²) in [6, 6.07) is 0. The van der Waals surface area contributed by atoms with Crippen LogP contribution in [0.25, 0.3) is 0 Å². The van der Waals surface area contributed by atoms with Gasteiger partial charge in [0.25, 0.3) is 0 Å². The van der Waals surface area contributed by atoms with Gasteiger partial charge in [0, 0.05) is 11.8 Å². The molecule has 0 fully saturated rings. The second-order valence-corrected chi connectivity index (χ2v) is 5.59. The standard InChI is InChI=1S/C10H18N2O2S2/c1-4-6-9(12-5-2)16-15-8(3)7-14-10(11)13/h4,6,8H,5,7H2,1-3H3,(H2,11,13)/b6-4-,12-9?/t8-/m1/s1. The van der Waals surface area contributed by atoms with Crippen molar-refractivity contribution in [3.63, 3.8) is 0 Å². The lowest BCUT2D eigenvalue weighted by Crippen LogP contribution is -2.18. The summed E-state index contributed by atoms with van der Waals surface area (Å²) in [5.74, 6) is 0. The predicted molar refractivity (Wildman–Crippen MR) is 73.0 cm³/mol. The predicted octanol–water partition coefficient (Wildman–Crippen LogP) is 2.85.